The van der Waals surface area contributed by atoms with Crippen LogP contribution in [0.2, 0.25) is 0 Å². The molecule has 1 fully saturated rings. The summed E-state index contributed by atoms with van der Waals surface area (Å²) in [6, 6.07) is 0. The van der Waals surface area contributed by atoms with Crippen molar-refractivity contribution in [3.05, 3.63) is 11.2 Å². The van der Waals surface area contributed by atoms with Crippen LogP contribution in [0.4, 0.5) is 0 Å². The molecular weight excluding hydrogens is 239 g/mol. The summed E-state index contributed by atoms with van der Waals surface area (Å²) >= 11 is 1.20. The molecule has 2 N–H and O–H groups in total. The summed E-state index contributed by atoms with van der Waals surface area (Å²) in [7, 11) is -0.481. The molecule has 0 unspecified atom stereocenters. The first-order valence-electron chi connectivity index (χ1n) is 5.34. The van der Waals surface area contributed by atoms with Crippen LogP contribution in [-0.2, 0) is 9.31 Å². The number of rotatable bonds is 2. The van der Waals surface area contributed by atoms with Crippen LogP contribution in [0.1, 0.15) is 37.5 Å². The van der Waals surface area contributed by atoms with E-state index in [9.17, 15) is 4.79 Å². The largest absolute Gasteiger partial charge is 0.507 e. The van der Waals surface area contributed by atoms with E-state index in [0.717, 1.165) is 4.78 Å². The Morgan fingerprint density at radius 2 is 1.88 bits per heavy atom. The third-order valence-corrected chi connectivity index (χ3v) is 4.25. The van der Waals surface area contributed by atoms with Crippen molar-refractivity contribution < 1.29 is 14.1 Å². The highest BCUT2D eigenvalue weighted by Gasteiger charge is 2.52. The Bertz CT molecular complexity index is 442. The molecule has 2 rings (SSSR count). The molecule has 17 heavy (non-hydrogen) atoms. The van der Waals surface area contributed by atoms with Crippen molar-refractivity contribution in [3.63, 3.8) is 0 Å². The van der Waals surface area contributed by atoms with Crippen LogP contribution in [0.15, 0.2) is 6.20 Å². The maximum Gasteiger partial charge on any atom is 0.507 e. The highest BCUT2D eigenvalue weighted by atomic mass is 32.1. The summed E-state index contributed by atoms with van der Waals surface area (Å²) in [5.74, 6) is -0.530. The smallest absolute Gasteiger partial charge is 0.399 e. The molecule has 7 heteroatoms. The Balaban J connectivity index is 2.23. The number of aromatic nitrogens is 1. The van der Waals surface area contributed by atoms with Crippen molar-refractivity contribution in [2.75, 3.05) is 0 Å². The summed E-state index contributed by atoms with van der Waals surface area (Å²) in [6.45, 7) is 7.90. The lowest BCUT2D eigenvalue weighted by Gasteiger charge is -2.32. The van der Waals surface area contributed by atoms with Crippen LogP contribution in [0.5, 0.6) is 0 Å². The molecule has 5 nitrogen and oxygen atoms in total. The summed E-state index contributed by atoms with van der Waals surface area (Å²) in [5, 5.41) is 0.273. The van der Waals surface area contributed by atoms with Gasteiger partial charge in [0.15, 0.2) is 5.01 Å². The molecule has 0 aliphatic carbocycles. The second-order valence-corrected chi connectivity index (χ2v) is 6.08. The third-order valence-electron chi connectivity index (χ3n) is 3.22. The van der Waals surface area contributed by atoms with Gasteiger partial charge in [0.1, 0.15) is 0 Å². The van der Waals surface area contributed by atoms with E-state index in [0.29, 0.717) is 0 Å². The summed E-state index contributed by atoms with van der Waals surface area (Å²) in [4.78, 5) is 14.9. The fraction of sp³-hybridized carbons (Fsp3) is 0.600. The molecule has 0 radical (unpaired) electrons. The van der Waals surface area contributed by atoms with Crippen molar-refractivity contribution in [3.8, 4) is 0 Å². The Morgan fingerprint density at radius 3 is 2.29 bits per heavy atom. The van der Waals surface area contributed by atoms with E-state index in [1.54, 1.807) is 6.20 Å². The van der Waals surface area contributed by atoms with Gasteiger partial charge in [-0.1, -0.05) is 0 Å². The number of hydrogen-bond acceptors (Lipinski definition) is 5. The average Bonchev–Trinajstić information content (AvgIpc) is 2.70. The number of carbonyl (C=O) groups is 1. The minimum absolute atomic E-state index is 0.273. The third kappa shape index (κ3) is 2.10. The summed E-state index contributed by atoms with van der Waals surface area (Å²) in [6.07, 6.45) is 1.58. The number of thiazole rings is 1. The van der Waals surface area contributed by atoms with Crippen LogP contribution >= 0.6 is 11.3 Å². The highest BCUT2D eigenvalue weighted by Crippen LogP contribution is 2.36. The van der Waals surface area contributed by atoms with Gasteiger partial charge in [0, 0.05) is 6.20 Å². The van der Waals surface area contributed by atoms with E-state index in [4.69, 9.17) is 15.0 Å². The van der Waals surface area contributed by atoms with Crippen molar-refractivity contribution in [2.45, 2.75) is 38.9 Å². The Labute approximate surface area is 104 Å². The molecule has 1 aliphatic heterocycles. The number of hydrogen-bond donors (Lipinski definition) is 1. The standard InChI is InChI=1S/C10H15BN2O3S/c1-9(2)10(3,4)16-11(15-9)6-5-13-8(17-6)7(12)14/h5H,1-4H3,(H2,12,14). The number of nitrogens with two attached hydrogens (primary N) is 1. The quantitative estimate of drug-likeness (QED) is 0.781. The Hall–Kier alpha value is -0.915. The minimum atomic E-state index is -0.530. The molecule has 0 atom stereocenters. The molecule has 0 aromatic carbocycles. The molecule has 1 aromatic rings. The van der Waals surface area contributed by atoms with Gasteiger partial charge in [0.25, 0.3) is 5.91 Å². The molecule has 0 saturated carbocycles. The number of amides is 1. The molecule has 0 bridgehead atoms. The number of carbonyl (C=O) groups excluding carboxylic acids is 1. The van der Waals surface area contributed by atoms with Gasteiger partial charge in [-0.15, -0.1) is 11.3 Å². The lowest BCUT2D eigenvalue weighted by molar-refractivity contribution is 0.00578. The zero-order valence-corrected chi connectivity index (χ0v) is 11.1. The first-order chi connectivity index (χ1) is 7.73. The fourth-order valence-corrected chi connectivity index (χ4v) is 2.20. The van der Waals surface area contributed by atoms with Crippen LogP contribution in [0.25, 0.3) is 0 Å². The van der Waals surface area contributed by atoms with Gasteiger partial charge in [-0.25, -0.2) is 4.98 Å². The Morgan fingerprint density at radius 1 is 1.35 bits per heavy atom. The maximum absolute atomic E-state index is 11.0. The predicted octanol–water partition coefficient (Wildman–Crippen LogP) is 0.541. The molecule has 0 spiro atoms. The SMILES string of the molecule is CC1(C)OB(c2cnc(C(N)=O)s2)OC1(C)C. The fourth-order valence-electron chi connectivity index (χ4n) is 1.47. The van der Waals surface area contributed by atoms with Gasteiger partial charge in [0.05, 0.1) is 16.0 Å². The molecule has 1 aliphatic rings. The number of primary amides is 1. The minimum Gasteiger partial charge on any atom is -0.399 e. The lowest BCUT2D eigenvalue weighted by atomic mass is 9.89. The lowest BCUT2D eigenvalue weighted by Crippen LogP contribution is -2.41. The first-order valence-corrected chi connectivity index (χ1v) is 6.16. The molecule has 1 saturated heterocycles. The topological polar surface area (TPSA) is 74.4 Å². The molecule has 1 amide bonds. The van der Waals surface area contributed by atoms with E-state index in [-0.39, 0.29) is 5.01 Å². The van der Waals surface area contributed by atoms with E-state index in [2.05, 4.69) is 4.98 Å². The zero-order valence-electron chi connectivity index (χ0n) is 10.3. The van der Waals surface area contributed by atoms with E-state index < -0.39 is 24.2 Å². The predicted molar refractivity (Wildman–Crippen MR) is 66.3 cm³/mol. The normalized spacial score (nSPS) is 21.8. The molecule has 1 aromatic heterocycles. The van der Waals surface area contributed by atoms with Gasteiger partial charge in [-0.2, -0.15) is 0 Å². The second kappa shape index (κ2) is 3.79. The van der Waals surface area contributed by atoms with Gasteiger partial charge in [0.2, 0.25) is 0 Å². The summed E-state index contributed by atoms with van der Waals surface area (Å²) < 4.78 is 12.4. The van der Waals surface area contributed by atoms with Crippen molar-refractivity contribution in [2.24, 2.45) is 5.73 Å². The monoisotopic (exact) mass is 254 g/mol. The van der Waals surface area contributed by atoms with Crippen LogP contribution in [0.3, 0.4) is 0 Å². The van der Waals surface area contributed by atoms with Gasteiger partial charge < -0.3 is 15.0 Å². The van der Waals surface area contributed by atoms with Gasteiger partial charge >= 0.3 is 7.12 Å². The van der Waals surface area contributed by atoms with Crippen LogP contribution < -0.4 is 10.5 Å². The van der Waals surface area contributed by atoms with Crippen molar-refractivity contribution >= 4 is 29.1 Å². The molecular formula is C10H15BN2O3S. The molecule has 2 heterocycles. The van der Waals surface area contributed by atoms with E-state index >= 15 is 0 Å². The van der Waals surface area contributed by atoms with E-state index in [1.165, 1.54) is 11.3 Å². The number of nitrogens with zero attached hydrogens (tertiary/aromatic N) is 1. The van der Waals surface area contributed by atoms with Crippen LogP contribution in [0, 0.1) is 0 Å². The Kier molecular flexibility index (Phi) is 2.80. The average molecular weight is 254 g/mol. The van der Waals surface area contributed by atoms with Crippen molar-refractivity contribution in [1.82, 2.24) is 4.98 Å². The highest BCUT2D eigenvalue weighted by molar-refractivity contribution is 7.23. The van der Waals surface area contributed by atoms with Gasteiger partial charge in [-0.3, -0.25) is 4.79 Å². The first kappa shape index (κ1) is 12.5. The molecule has 92 valence electrons. The van der Waals surface area contributed by atoms with Gasteiger partial charge in [-0.05, 0) is 27.7 Å². The maximum atomic E-state index is 11.0. The second-order valence-electron chi connectivity index (χ2n) is 5.02. The summed E-state index contributed by atoms with van der Waals surface area (Å²) in [5.41, 5.74) is 4.37. The zero-order chi connectivity index (χ0) is 12.8. The van der Waals surface area contributed by atoms with E-state index in [1.807, 2.05) is 27.7 Å². The van der Waals surface area contributed by atoms with Crippen LogP contribution in [-0.4, -0.2) is 29.2 Å². The van der Waals surface area contributed by atoms with Crippen molar-refractivity contribution in [1.29, 1.82) is 0 Å².